The summed E-state index contributed by atoms with van der Waals surface area (Å²) in [5.74, 6) is 0.855. The van der Waals surface area contributed by atoms with E-state index >= 15 is 0 Å². The zero-order valence-corrected chi connectivity index (χ0v) is 15.5. The molecule has 0 radical (unpaired) electrons. The van der Waals surface area contributed by atoms with Gasteiger partial charge >= 0.3 is 0 Å². The van der Waals surface area contributed by atoms with Crippen LogP contribution in [0, 0.1) is 6.92 Å². The van der Waals surface area contributed by atoms with Crippen molar-refractivity contribution in [2.45, 2.75) is 6.92 Å². The Balaban J connectivity index is 1.99. The van der Waals surface area contributed by atoms with Gasteiger partial charge in [-0.2, -0.15) is 0 Å². The Morgan fingerprint density at radius 3 is 2.07 bits per heavy atom. The summed E-state index contributed by atoms with van der Waals surface area (Å²) in [6, 6.07) is 29.2. The van der Waals surface area contributed by atoms with Crippen molar-refractivity contribution in [2.24, 2.45) is 0 Å². The topological polar surface area (TPSA) is 22.1 Å². The Labute approximate surface area is 160 Å². The van der Waals surface area contributed by atoms with Gasteiger partial charge in [0.15, 0.2) is 0 Å². The van der Waals surface area contributed by atoms with Crippen LogP contribution < -0.4 is 4.74 Å². The summed E-state index contributed by atoms with van der Waals surface area (Å²) in [6.07, 6.45) is 1.85. The summed E-state index contributed by atoms with van der Waals surface area (Å²) in [4.78, 5) is 4.66. The van der Waals surface area contributed by atoms with Crippen LogP contribution in [0.25, 0.3) is 33.5 Å². The first kappa shape index (κ1) is 17.0. The number of benzene rings is 3. The summed E-state index contributed by atoms with van der Waals surface area (Å²) >= 11 is 0. The van der Waals surface area contributed by atoms with E-state index in [2.05, 4.69) is 72.6 Å². The van der Waals surface area contributed by atoms with Crippen LogP contribution >= 0.6 is 0 Å². The van der Waals surface area contributed by atoms with E-state index < -0.39 is 0 Å². The number of aryl methyl sites for hydroxylation is 1. The van der Waals surface area contributed by atoms with Crippen molar-refractivity contribution in [3.63, 3.8) is 0 Å². The molecule has 4 aromatic rings. The molecule has 2 nitrogen and oxygen atoms in total. The lowest BCUT2D eigenvalue weighted by Crippen LogP contribution is -1.93. The molecule has 0 aliphatic rings. The Morgan fingerprint density at radius 2 is 1.37 bits per heavy atom. The van der Waals surface area contributed by atoms with Gasteiger partial charge in [0, 0.05) is 11.8 Å². The van der Waals surface area contributed by atoms with Crippen LogP contribution in [-0.2, 0) is 0 Å². The first-order chi connectivity index (χ1) is 13.3. The number of rotatable bonds is 4. The average Bonchev–Trinajstić information content (AvgIpc) is 2.74. The van der Waals surface area contributed by atoms with Gasteiger partial charge in [0.1, 0.15) is 5.75 Å². The normalized spacial score (nSPS) is 10.6. The monoisotopic (exact) mass is 351 g/mol. The molecule has 0 spiro atoms. The number of ether oxygens (including phenoxy) is 1. The van der Waals surface area contributed by atoms with Gasteiger partial charge in [-0.25, -0.2) is 0 Å². The van der Waals surface area contributed by atoms with Gasteiger partial charge in [0.05, 0.1) is 12.8 Å². The van der Waals surface area contributed by atoms with Gasteiger partial charge in [-0.15, -0.1) is 0 Å². The van der Waals surface area contributed by atoms with E-state index in [0.717, 1.165) is 28.1 Å². The van der Waals surface area contributed by atoms with Crippen LogP contribution in [0.1, 0.15) is 5.56 Å². The van der Waals surface area contributed by atoms with Crippen LogP contribution in [0.15, 0.2) is 91.1 Å². The van der Waals surface area contributed by atoms with Crippen LogP contribution in [0.5, 0.6) is 5.75 Å². The molecule has 2 heteroatoms. The predicted octanol–water partition coefficient (Wildman–Crippen LogP) is 6.40. The molecule has 27 heavy (non-hydrogen) atoms. The molecule has 0 saturated heterocycles. The van der Waals surface area contributed by atoms with Crippen LogP contribution in [0.3, 0.4) is 0 Å². The first-order valence-electron chi connectivity index (χ1n) is 9.03. The van der Waals surface area contributed by atoms with Gasteiger partial charge in [-0.1, -0.05) is 60.7 Å². The molecule has 1 aromatic heterocycles. The molecule has 0 bridgehead atoms. The highest BCUT2D eigenvalue weighted by molar-refractivity contribution is 5.94. The number of nitrogens with zero attached hydrogens (tertiary/aromatic N) is 1. The lowest BCUT2D eigenvalue weighted by atomic mass is 9.88. The molecule has 0 aliphatic heterocycles. The molecule has 0 unspecified atom stereocenters. The number of pyridine rings is 1. The highest BCUT2D eigenvalue weighted by atomic mass is 16.5. The van der Waals surface area contributed by atoms with Crippen molar-refractivity contribution < 1.29 is 4.74 Å². The van der Waals surface area contributed by atoms with Crippen LogP contribution in [0.2, 0.25) is 0 Å². The van der Waals surface area contributed by atoms with Crippen molar-refractivity contribution >= 4 is 0 Å². The molecule has 3 aromatic carbocycles. The second-order valence-corrected chi connectivity index (χ2v) is 6.49. The minimum Gasteiger partial charge on any atom is -0.497 e. The average molecular weight is 351 g/mol. The molecular weight excluding hydrogens is 330 g/mol. The molecule has 132 valence electrons. The van der Waals surface area contributed by atoms with Gasteiger partial charge in [-0.05, 0) is 59.0 Å². The standard InChI is InChI=1S/C25H21NO/c1-18-8-3-4-9-21(18)23-11-7-10-22(19-13-15-20(27-2)16-14-19)25(23)24-12-5-6-17-26-24/h3-17H,1-2H3. The Hall–Kier alpha value is -3.39. The molecule has 0 aliphatic carbocycles. The second-order valence-electron chi connectivity index (χ2n) is 6.49. The second kappa shape index (κ2) is 7.46. The first-order valence-corrected chi connectivity index (χ1v) is 9.03. The Kier molecular flexibility index (Phi) is 4.71. The third kappa shape index (κ3) is 3.34. The molecule has 4 rings (SSSR count). The number of methoxy groups -OCH3 is 1. The number of hydrogen-bond acceptors (Lipinski definition) is 2. The number of hydrogen-bond donors (Lipinski definition) is 0. The smallest absolute Gasteiger partial charge is 0.118 e. The lowest BCUT2D eigenvalue weighted by molar-refractivity contribution is 0.415. The molecule has 0 saturated carbocycles. The summed E-state index contributed by atoms with van der Waals surface area (Å²) in [6.45, 7) is 2.15. The fraction of sp³-hybridized carbons (Fsp3) is 0.0800. The zero-order valence-electron chi connectivity index (χ0n) is 15.5. The molecule has 0 fully saturated rings. The third-order valence-electron chi connectivity index (χ3n) is 4.82. The lowest BCUT2D eigenvalue weighted by Gasteiger charge is -2.17. The minimum atomic E-state index is 0.855. The molecule has 0 amide bonds. The van der Waals surface area contributed by atoms with E-state index in [1.54, 1.807) is 7.11 Å². The summed E-state index contributed by atoms with van der Waals surface area (Å²) in [5.41, 5.74) is 8.11. The van der Waals surface area contributed by atoms with Crippen molar-refractivity contribution in [3.05, 3.63) is 96.7 Å². The largest absolute Gasteiger partial charge is 0.497 e. The minimum absolute atomic E-state index is 0.855. The Bertz CT molecular complexity index is 1050. The molecule has 0 atom stereocenters. The SMILES string of the molecule is COc1ccc(-c2cccc(-c3ccccc3C)c2-c2ccccn2)cc1. The number of aromatic nitrogens is 1. The quantitative estimate of drug-likeness (QED) is 0.424. The fourth-order valence-electron chi connectivity index (χ4n) is 3.45. The van der Waals surface area contributed by atoms with E-state index in [0.29, 0.717) is 0 Å². The Morgan fingerprint density at radius 1 is 0.667 bits per heavy atom. The summed E-state index contributed by atoms with van der Waals surface area (Å²) in [5, 5.41) is 0. The van der Waals surface area contributed by atoms with Crippen LogP contribution in [0.4, 0.5) is 0 Å². The van der Waals surface area contributed by atoms with Gasteiger partial charge in [0.25, 0.3) is 0 Å². The van der Waals surface area contributed by atoms with Crippen molar-refractivity contribution in [1.29, 1.82) is 0 Å². The van der Waals surface area contributed by atoms with E-state index in [1.165, 1.54) is 16.7 Å². The van der Waals surface area contributed by atoms with Gasteiger partial charge in [-0.3, -0.25) is 4.98 Å². The third-order valence-corrected chi connectivity index (χ3v) is 4.82. The van der Waals surface area contributed by atoms with Crippen molar-refractivity contribution in [1.82, 2.24) is 4.98 Å². The van der Waals surface area contributed by atoms with E-state index in [4.69, 9.17) is 4.74 Å². The fourth-order valence-corrected chi connectivity index (χ4v) is 3.45. The summed E-state index contributed by atoms with van der Waals surface area (Å²) in [7, 11) is 1.69. The summed E-state index contributed by atoms with van der Waals surface area (Å²) < 4.78 is 5.32. The maximum absolute atomic E-state index is 5.32. The van der Waals surface area contributed by atoms with E-state index in [9.17, 15) is 0 Å². The van der Waals surface area contributed by atoms with Crippen LogP contribution in [-0.4, -0.2) is 12.1 Å². The maximum Gasteiger partial charge on any atom is 0.118 e. The van der Waals surface area contributed by atoms with Gasteiger partial charge < -0.3 is 4.74 Å². The molecular formula is C25H21NO. The highest BCUT2D eigenvalue weighted by Gasteiger charge is 2.15. The van der Waals surface area contributed by atoms with Crippen molar-refractivity contribution in [3.8, 4) is 39.3 Å². The molecule has 1 heterocycles. The van der Waals surface area contributed by atoms with E-state index in [-0.39, 0.29) is 0 Å². The predicted molar refractivity (Wildman–Crippen MR) is 112 cm³/mol. The van der Waals surface area contributed by atoms with Crippen molar-refractivity contribution in [2.75, 3.05) is 7.11 Å². The highest BCUT2D eigenvalue weighted by Crippen LogP contribution is 2.40. The molecule has 0 N–H and O–H groups in total. The maximum atomic E-state index is 5.32. The van der Waals surface area contributed by atoms with Gasteiger partial charge in [0.2, 0.25) is 0 Å². The zero-order chi connectivity index (χ0) is 18.6. The van der Waals surface area contributed by atoms with E-state index in [1.807, 2.05) is 30.5 Å².